The third-order valence-electron chi connectivity index (χ3n) is 4.46. The second kappa shape index (κ2) is 7.43. The molecule has 0 spiro atoms. The summed E-state index contributed by atoms with van der Waals surface area (Å²) in [5, 5.41) is 19.6. The molecule has 1 aromatic heterocycles. The molecule has 1 fully saturated rings. The Morgan fingerprint density at radius 1 is 1.40 bits per heavy atom. The molecule has 1 amide bonds. The van der Waals surface area contributed by atoms with Gasteiger partial charge >= 0.3 is 5.97 Å². The Labute approximate surface area is 144 Å². The largest absolute Gasteiger partial charge is 0.481 e. The molecule has 2 aromatic rings. The number of aromatic nitrogens is 3. The molecule has 8 nitrogen and oxygen atoms in total. The van der Waals surface area contributed by atoms with E-state index >= 15 is 0 Å². The van der Waals surface area contributed by atoms with Crippen molar-refractivity contribution in [3.63, 3.8) is 0 Å². The second-order valence-electron chi connectivity index (χ2n) is 6.20. The zero-order valence-corrected chi connectivity index (χ0v) is 13.9. The third kappa shape index (κ3) is 3.85. The van der Waals surface area contributed by atoms with Gasteiger partial charge in [-0.25, -0.2) is 0 Å². The van der Waals surface area contributed by atoms with Crippen LogP contribution in [0.25, 0.3) is 0 Å². The first-order chi connectivity index (χ1) is 12.1. The van der Waals surface area contributed by atoms with Crippen LogP contribution in [0.5, 0.6) is 0 Å². The van der Waals surface area contributed by atoms with E-state index in [2.05, 4.69) is 15.4 Å². The van der Waals surface area contributed by atoms with Gasteiger partial charge in [0.05, 0.1) is 24.9 Å². The molecule has 1 aliphatic heterocycles. The lowest BCUT2D eigenvalue weighted by atomic mass is 9.91. The van der Waals surface area contributed by atoms with Crippen LogP contribution in [0.1, 0.15) is 34.0 Å². The molecular formula is C17H20N4O4. The van der Waals surface area contributed by atoms with Crippen molar-refractivity contribution in [3.8, 4) is 0 Å². The molecule has 132 valence electrons. The van der Waals surface area contributed by atoms with Crippen molar-refractivity contribution in [1.29, 1.82) is 0 Å². The molecule has 0 radical (unpaired) electrons. The predicted molar refractivity (Wildman–Crippen MR) is 87.9 cm³/mol. The van der Waals surface area contributed by atoms with Gasteiger partial charge in [-0.15, -0.1) is 0 Å². The number of carboxylic acid groups (broad SMARTS) is 1. The number of rotatable bonds is 6. The van der Waals surface area contributed by atoms with Crippen molar-refractivity contribution in [2.45, 2.75) is 18.9 Å². The van der Waals surface area contributed by atoms with E-state index in [9.17, 15) is 9.59 Å². The van der Waals surface area contributed by atoms with Crippen LogP contribution in [0.2, 0.25) is 0 Å². The van der Waals surface area contributed by atoms with Crippen molar-refractivity contribution < 1.29 is 19.4 Å². The first-order valence-electron chi connectivity index (χ1n) is 8.03. The molecule has 0 unspecified atom stereocenters. The molecule has 0 aliphatic carbocycles. The van der Waals surface area contributed by atoms with Crippen molar-refractivity contribution in [1.82, 2.24) is 20.3 Å². The number of aromatic amines is 1. The van der Waals surface area contributed by atoms with E-state index in [4.69, 9.17) is 9.84 Å². The maximum atomic E-state index is 12.8. The highest BCUT2D eigenvalue weighted by Gasteiger charge is 2.38. The number of carbonyl (C=O) groups is 2. The number of benzene rings is 1. The molecule has 8 heteroatoms. The number of carbonyl (C=O) groups excluding carboxylic acids is 1. The first-order valence-corrected chi connectivity index (χ1v) is 8.03. The topological polar surface area (TPSA) is 108 Å². The number of methoxy groups -OCH3 is 1. The highest BCUT2D eigenvalue weighted by atomic mass is 16.5. The lowest BCUT2D eigenvalue weighted by molar-refractivity contribution is -0.138. The van der Waals surface area contributed by atoms with Gasteiger partial charge in [0.15, 0.2) is 0 Å². The van der Waals surface area contributed by atoms with Crippen LogP contribution in [0.3, 0.4) is 0 Å². The van der Waals surface area contributed by atoms with Crippen molar-refractivity contribution in [3.05, 3.63) is 47.3 Å². The van der Waals surface area contributed by atoms with E-state index in [1.165, 1.54) is 0 Å². The summed E-state index contributed by atoms with van der Waals surface area (Å²) in [6, 6.07) is 7.29. The summed E-state index contributed by atoms with van der Waals surface area (Å²) in [4.78, 5) is 25.7. The Morgan fingerprint density at radius 3 is 2.92 bits per heavy atom. The number of carboxylic acids is 1. The van der Waals surface area contributed by atoms with E-state index in [1.54, 1.807) is 24.3 Å². The number of ether oxygens (including phenoxy) is 1. The van der Waals surface area contributed by atoms with Gasteiger partial charge in [-0.2, -0.15) is 15.4 Å². The number of nitrogens with one attached hydrogen (secondary N) is 1. The smallest absolute Gasteiger partial charge is 0.303 e. The highest BCUT2D eigenvalue weighted by Crippen LogP contribution is 2.34. The van der Waals surface area contributed by atoms with Gasteiger partial charge in [0.25, 0.3) is 5.91 Å². The Balaban J connectivity index is 1.79. The fourth-order valence-corrected chi connectivity index (χ4v) is 3.34. The van der Waals surface area contributed by atoms with Crippen LogP contribution in [-0.2, 0) is 16.1 Å². The van der Waals surface area contributed by atoms with Gasteiger partial charge in [0, 0.05) is 31.7 Å². The minimum absolute atomic E-state index is 0.00891. The molecule has 2 heterocycles. The van der Waals surface area contributed by atoms with E-state index in [-0.39, 0.29) is 24.2 Å². The summed E-state index contributed by atoms with van der Waals surface area (Å²) in [5.74, 6) is -1.32. The van der Waals surface area contributed by atoms with E-state index in [1.807, 2.05) is 18.2 Å². The molecule has 1 aliphatic rings. The Bertz CT molecular complexity index is 747. The second-order valence-corrected chi connectivity index (χ2v) is 6.20. The average Bonchev–Trinajstić information content (AvgIpc) is 3.23. The summed E-state index contributed by atoms with van der Waals surface area (Å²) in [6.45, 7) is 1.25. The number of aliphatic carboxylic acids is 1. The number of hydrogen-bond acceptors (Lipinski definition) is 5. The van der Waals surface area contributed by atoms with Crippen LogP contribution in [0.4, 0.5) is 0 Å². The molecule has 2 N–H and O–H groups in total. The van der Waals surface area contributed by atoms with Crippen molar-refractivity contribution in [2.24, 2.45) is 5.92 Å². The summed E-state index contributed by atoms with van der Waals surface area (Å²) in [5.41, 5.74) is 2.18. The lowest BCUT2D eigenvalue weighted by Crippen LogP contribution is -2.29. The van der Waals surface area contributed by atoms with Gasteiger partial charge in [-0.05, 0) is 23.6 Å². The standard InChI is InChI=1S/C17H20N4O4/c1-25-10-11-3-2-4-12(5-11)17(24)21-8-13(6-16(22)23)14(9-21)15-7-18-20-19-15/h2-5,7,13-14H,6,8-10H2,1H3,(H,22,23)(H,18,19,20)/t13-,14+/m0/s1. The molecule has 0 saturated carbocycles. The zero-order valence-electron chi connectivity index (χ0n) is 13.9. The van der Waals surface area contributed by atoms with Crippen LogP contribution in [0.15, 0.2) is 30.5 Å². The van der Waals surface area contributed by atoms with Crippen LogP contribution in [-0.4, -0.2) is 57.5 Å². The van der Waals surface area contributed by atoms with Crippen molar-refractivity contribution in [2.75, 3.05) is 20.2 Å². The van der Waals surface area contributed by atoms with E-state index in [0.717, 1.165) is 5.56 Å². The van der Waals surface area contributed by atoms with Crippen molar-refractivity contribution >= 4 is 11.9 Å². The van der Waals surface area contributed by atoms with Gasteiger partial charge in [0.2, 0.25) is 0 Å². The summed E-state index contributed by atoms with van der Waals surface area (Å²) >= 11 is 0. The zero-order chi connectivity index (χ0) is 17.8. The quantitative estimate of drug-likeness (QED) is 0.817. The summed E-state index contributed by atoms with van der Waals surface area (Å²) in [6.07, 6.45) is 1.58. The number of hydrogen-bond donors (Lipinski definition) is 2. The molecule has 25 heavy (non-hydrogen) atoms. The molecule has 1 saturated heterocycles. The molecule has 2 atom stereocenters. The third-order valence-corrected chi connectivity index (χ3v) is 4.46. The maximum absolute atomic E-state index is 12.8. The molecular weight excluding hydrogens is 324 g/mol. The number of likely N-dealkylation sites (tertiary alicyclic amines) is 1. The first kappa shape index (κ1) is 17.1. The van der Waals surface area contributed by atoms with Crippen LogP contribution < -0.4 is 0 Å². The lowest BCUT2D eigenvalue weighted by Gasteiger charge is -2.16. The molecule has 0 bridgehead atoms. The van der Waals surface area contributed by atoms with Gasteiger partial charge in [0.1, 0.15) is 0 Å². The number of H-pyrrole nitrogens is 1. The van der Waals surface area contributed by atoms with Gasteiger partial charge < -0.3 is 14.7 Å². The SMILES string of the molecule is COCc1cccc(C(=O)N2C[C@H](CC(=O)O)[C@H](c3cn[nH]n3)C2)c1. The number of nitrogens with zero attached hydrogens (tertiary/aromatic N) is 3. The monoisotopic (exact) mass is 344 g/mol. The van der Waals surface area contributed by atoms with E-state index in [0.29, 0.717) is 31.0 Å². The Hall–Kier alpha value is -2.74. The molecule has 1 aromatic carbocycles. The maximum Gasteiger partial charge on any atom is 0.303 e. The fourth-order valence-electron chi connectivity index (χ4n) is 3.34. The highest BCUT2D eigenvalue weighted by molar-refractivity contribution is 5.94. The minimum atomic E-state index is -0.880. The Morgan fingerprint density at radius 2 is 2.24 bits per heavy atom. The predicted octanol–water partition coefficient (Wildman–Crippen LogP) is 1.28. The molecule has 3 rings (SSSR count). The summed E-state index contributed by atoms with van der Waals surface area (Å²) in [7, 11) is 1.61. The normalized spacial score (nSPS) is 20.0. The van der Waals surface area contributed by atoms with Gasteiger partial charge in [-0.1, -0.05) is 12.1 Å². The number of amides is 1. The van der Waals surface area contributed by atoms with E-state index < -0.39 is 5.97 Å². The fraction of sp³-hybridized carbons (Fsp3) is 0.412. The van der Waals surface area contributed by atoms with Gasteiger partial charge in [-0.3, -0.25) is 9.59 Å². The summed E-state index contributed by atoms with van der Waals surface area (Å²) < 4.78 is 5.11. The Kier molecular flexibility index (Phi) is 5.08. The van der Waals surface area contributed by atoms with Crippen LogP contribution >= 0.6 is 0 Å². The minimum Gasteiger partial charge on any atom is -0.481 e. The van der Waals surface area contributed by atoms with Crippen LogP contribution in [0, 0.1) is 5.92 Å². The average molecular weight is 344 g/mol.